The molecule has 19 heavy (non-hydrogen) atoms. The first-order valence-electron chi connectivity index (χ1n) is 5.95. The molecule has 2 aromatic rings. The molecule has 0 radical (unpaired) electrons. The van der Waals surface area contributed by atoms with E-state index in [1.54, 1.807) is 12.1 Å². The molecule has 1 aliphatic heterocycles. The van der Waals surface area contributed by atoms with Crippen LogP contribution in [0.25, 0.3) is 11.1 Å². The fraction of sp³-hybridized carbons (Fsp3) is 0.214. The fourth-order valence-electron chi connectivity index (χ4n) is 2.45. The van der Waals surface area contributed by atoms with Gasteiger partial charge in [-0.05, 0) is 29.7 Å². The number of hydrogen-bond donors (Lipinski definition) is 1. The SMILES string of the molecule is FC(F)(F)c1ccncc1-c1cccc2c1CCN2. The van der Waals surface area contributed by atoms with Gasteiger partial charge in [0.1, 0.15) is 0 Å². The monoisotopic (exact) mass is 264 g/mol. The van der Waals surface area contributed by atoms with Gasteiger partial charge in [0.15, 0.2) is 0 Å². The summed E-state index contributed by atoms with van der Waals surface area (Å²) in [5.74, 6) is 0. The minimum atomic E-state index is -4.37. The first-order chi connectivity index (χ1) is 9.07. The average molecular weight is 264 g/mol. The molecule has 1 aromatic heterocycles. The van der Waals surface area contributed by atoms with Crippen LogP contribution in [0.3, 0.4) is 0 Å². The standard InChI is InChI=1S/C14H11F3N2/c15-14(16,17)12-5-6-18-8-11(12)9-2-1-3-13-10(9)4-7-19-13/h1-3,5-6,8,19H,4,7H2. The first kappa shape index (κ1) is 12.0. The molecule has 0 spiro atoms. The maximum Gasteiger partial charge on any atom is 0.417 e. The molecule has 0 saturated carbocycles. The maximum atomic E-state index is 13.0. The van der Waals surface area contributed by atoms with Crippen LogP contribution in [-0.2, 0) is 12.6 Å². The molecule has 3 rings (SSSR count). The van der Waals surface area contributed by atoms with Gasteiger partial charge in [0.05, 0.1) is 5.56 Å². The molecule has 1 aliphatic rings. The number of hydrogen-bond acceptors (Lipinski definition) is 2. The summed E-state index contributed by atoms with van der Waals surface area (Å²) >= 11 is 0. The fourth-order valence-corrected chi connectivity index (χ4v) is 2.45. The van der Waals surface area contributed by atoms with E-state index in [2.05, 4.69) is 10.3 Å². The minimum Gasteiger partial charge on any atom is -0.384 e. The lowest BCUT2D eigenvalue weighted by atomic mass is 9.95. The van der Waals surface area contributed by atoms with Crippen LogP contribution in [0.2, 0.25) is 0 Å². The third kappa shape index (κ3) is 2.05. The summed E-state index contributed by atoms with van der Waals surface area (Å²) in [5, 5.41) is 3.17. The number of rotatable bonds is 1. The van der Waals surface area contributed by atoms with E-state index in [-0.39, 0.29) is 5.56 Å². The van der Waals surface area contributed by atoms with E-state index in [1.165, 1.54) is 12.4 Å². The van der Waals surface area contributed by atoms with Gasteiger partial charge >= 0.3 is 6.18 Å². The van der Waals surface area contributed by atoms with E-state index in [0.717, 1.165) is 30.3 Å². The number of halogens is 3. The largest absolute Gasteiger partial charge is 0.417 e. The van der Waals surface area contributed by atoms with E-state index in [4.69, 9.17) is 0 Å². The summed E-state index contributed by atoms with van der Waals surface area (Å²) in [7, 11) is 0. The number of nitrogens with one attached hydrogen (secondary N) is 1. The van der Waals surface area contributed by atoms with Gasteiger partial charge in [-0.2, -0.15) is 13.2 Å². The minimum absolute atomic E-state index is 0.149. The van der Waals surface area contributed by atoms with Crippen molar-refractivity contribution >= 4 is 5.69 Å². The van der Waals surface area contributed by atoms with E-state index < -0.39 is 11.7 Å². The predicted molar refractivity (Wildman–Crippen MR) is 66.9 cm³/mol. The molecule has 0 fully saturated rings. The molecule has 0 atom stereocenters. The number of aromatic nitrogens is 1. The van der Waals surface area contributed by atoms with Crippen molar-refractivity contribution < 1.29 is 13.2 Å². The molecule has 98 valence electrons. The van der Waals surface area contributed by atoms with Gasteiger partial charge in [0, 0.05) is 30.2 Å². The van der Waals surface area contributed by atoms with Crippen LogP contribution >= 0.6 is 0 Å². The maximum absolute atomic E-state index is 13.0. The van der Waals surface area contributed by atoms with Gasteiger partial charge in [-0.15, -0.1) is 0 Å². The van der Waals surface area contributed by atoms with Crippen molar-refractivity contribution in [1.29, 1.82) is 0 Å². The second-order valence-corrected chi connectivity index (χ2v) is 4.43. The summed E-state index contributed by atoms with van der Waals surface area (Å²) < 4.78 is 39.1. The third-order valence-electron chi connectivity index (χ3n) is 3.28. The Labute approximate surface area is 108 Å². The number of anilines is 1. The second kappa shape index (κ2) is 4.26. The van der Waals surface area contributed by atoms with Crippen LogP contribution < -0.4 is 5.32 Å². The molecular weight excluding hydrogens is 253 g/mol. The molecule has 0 saturated heterocycles. The van der Waals surface area contributed by atoms with Crippen LogP contribution in [0.4, 0.5) is 18.9 Å². The zero-order chi connectivity index (χ0) is 13.5. The Morgan fingerprint density at radius 3 is 2.74 bits per heavy atom. The van der Waals surface area contributed by atoms with Crippen LogP contribution in [-0.4, -0.2) is 11.5 Å². The lowest BCUT2D eigenvalue weighted by molar-refractivity contribution is -0.137. The van der Waals surface area contributed by atoms with Crippen LogP contribution in [0.1, 0.15) is 11.1 Å². The zero-order valence-electron chi connectivity index (χ0n) is 9.96. The Balaban J connectivity index is 2.21. The van der Waals surface area contributed by atoms with Gasteiger partial charge in [-0.3, -0.25) is 4.98 Å². The molecule has 0 bridgehead atoms. The summed E-state index contributed by atoms with van der Waals surface area (Å²) in [4.78, 5) is 3.84. The molecule has 0 unspecified atom stereocenters. The van der Waals surface area contributed by atoms with Crippen molar-refractivity contribution in [3.05, 3.63) is 47.8 Å². The summed E-state index contributed by atoms with van der Waals surface area (Å²) in [6.45, 7) is 0.758. The van der Waals surface area contributed by atoms with Gasteiger partial charge in [0.25, 0.3) is 0 Å². The van der Waals surface area contributed by atoms with Crippen molar-refractivity contribution in [2.75, 3.05) is 11.9 Å². The highest BCUT2D eigenvalue weighted by molar-refractivity contribution is 5.77. The molecule has 5 heteroatoms. The smallest absolute Gasteiger partial charge is 0.384 e. The van der Waals surface area contributed by atoms with Gasteiger partial charge < -0.3 is 5.32 Å². The number of fused-ring (bicyclic) bond motifs is 1. The Bertz CT molecular complexity index is 620. The summed E-state index contributed by atoms with van der Waals surface area (Å²) in [5.41, 5.74) is 1.97. The Morgan fingerprint density at radius 1 is 1.11 bits per heavy atom. The van der Waals surface area contributed by atoms with Crippen LogP contribution in [0, 0.1) is 0 Å². The van der Waals surface area contributed by atoms with Gasteiger partial charge in [-0.25, -0.2) is 0 Å². The van der Waals surface area contributed by atoms with E-state index in [1.807, 2.05) is 6.07 Å². The molecule has 0 amide bonds. The van der Waals surface area contributed by atoms with E-state index in [9.17, 15) is 13.2 Å². The lowest BCUT2D eigenvalue weighted by Crippen LogP contribution is -2.08. The van der Waals surface area contributed by atoms with Crippen molar-refractivity contribution in [3.63, 3.8) is 0 Å². The highest BCUT2D eigenvalue weighted by Gasteiger charge is 2.34. The summed E-state index contributed by atoms with van der Waals surface area (Å²) in [6, 6.07) is 6.39. The Hall–Kier alpha value is -2.04. The number of alkyl halides is 3. The van der Waals surface area contributed by atoms with Crippen LogP contribution in [0.15, 0.2) is 36.7 Å². The normalized spacial score (nSPS) is 14.1. The molecule has 2 heterocycles. The van der Waals surface area contributed by atoms with Gasteiger partial charge in [-0.1, -0.05) is 12.1 Å². The van der Waals surface area contributed by atoms with Crippen molar-refractivity contribution in [3.8, 4) is 11.1 Å². The van der Waals surface area contributed by atoms with Crippen molar-refractivity contribution in [2.24, 2.45) is 0 Å². The highest BCUT2D eigenvalue weighted by Crippen LogP contribution is 2.40. The van der Waals surface area contributed by atoms with E-state index in [0.29, 0.717) is 5.56 Å². The predicted octanol–water partition coefficient (Wildman–Crippen LogP) is 3.74. The number of benzene rings is 1. The molecular formula is C14H11F3N2. The van der Waals surface area contributed by atoms with Crippen molar-refractivity contribution in [2.45, 2.75) is 12.6 Å². The topological polar surface area (TPSA) is 24.9 Å². The first-order valence-corrected chi connectivity index (χ1v) is 5.95. The summed E-state index contributed by atoms with van der Waals surface area (Å²) in [6.07, 6.45) is -1.17. The quantitative estimate of drug-likeness (QED) is 0.848. The third-order valence-corrected chi connectivity index (χ3v) is 3.28. The average Bonchev–Trinajstić information content (AvgIpc) is 2.85. The molecule has 0 aliphatic carbocycles. The van der Waals surface area contributed by atoms with Crippen molar-refractivity contribution in [1.82, 2.24) is 4.98 Å². The number of pyridine rings is 1. The Kier molecular flexibility index (Phi) is 2.69. The Morgan fingerprint density at radius 2 is 1.95 bits per heavy atom. The highest BCUT2D eigenvalue weighted by atomic mass is 19.4. The molecule has 2 nitrogen and oxygen atoms in total. The van der Waals surface area contributed by atoms with E-state index >= 15 is 0 Å². The second-order valence-electron chi connectivity index (χ2n) is 4.43. The van der Waals surface area contributed by atoms with Gasteiger partial charge in [0.2, 0.25) is 0 Å². The molecule has 1 N–H and O–H groups in total. The molecule has 1 aromatic carbocycles. The number of nitrogens with zero attached hydrogens (tertiary/aromatic N) is 1. The lowest BCUT2D eigenvalue weighted by Gasteiger charge is -2.14. The van der Waals surface area contributed by atoms with Crippen LogP contribution in [0.5, 0.6) is 0 Å². The zero-order valence-corrected chi connectivity index (χ0v) is 9.96.